The summed E-state index contributed by atoms with van der Waals surface area (Å²) < 4.78 is 5.68. The Morgan fingerprint density at radius 2 is 2.00 bits per heavy atom. The molecular formula is C19H27NO2. The van der Waals surface area contributed by atoms with Crippen LogP contribution in [0.3, 0.4) is 0 Å². The van der Waals surface area contributed by atoms with Gasteiger partial charge < -0.3 is 9.64 Å². The van der Waals surface area contributed by atoms with Crippen molar-refractivity contribution in [3.05, 3.63) is 47.2 Å². The van der Waals surface area contributed by atoms with Gasteiger partial charge in [-0.1, -0.05) is 38.1 Å². The molecule has 1 aromatic carbocycles. The van der Waals surface area contributed by atoms with Crippen molar-refractivity contribution in [2.45, 2.75) is 38.5 Å². The molecular weight excluding hydrogens is 274 g/mol. The van der Waals surface area contributed by atoms with Crippen LogP contribution < -0.4 is 0 Å². The van der Waals surface area contributed by atoms with Gasteiger partial charge in [0, 0.05) is 14.1 Å². The first-order valence-corrected chi connectivity index (χ1v) is 7.98. The van der Waals surface area contributed by atoms with Gasteiger partial charge in [0.25, 0.3) is 0 Å². The largest absolute Gasteiger partial charge is 0.500 e. The second-order valence-corrected chi connectivity index (χ2v) is 6.67. The molecule has 0 fully saturated rings. The monoisotopic (exact) mass is 301 g/mol. The van der Waals surface area contributed by atoms with Crippen molar-refractivity contribution in [2.75, 3.05) is 21.2 Å². The van der Waals surface area contributed by atoms with Gasteiger partial charge in [-0.2, -0.15) is 0 Å². The van der Waals surface area contributed by atoms with Gasteiger partial charge in [0.2, 0.25) is 5.91 Å². The predicted molar refractivity (Wildman–Crippen MR) is 89.7 cm³/mol. The van der Waals surface area contributed by atoms with Gasteiger partial charge in [0.05, 0.1) is 7.11 Å². The second-order valence-electron chi connectivity index (χ2n) is 6.67. The van der Waals surface area contributed by atoms with Crippen LogP contribution in [0.5, 0.6) is 0 Å². The Labute approximate surface area is 134 Å². The molecule has 0 N–H and O–H groups in total. The third-order valence-corrected chi connectivity index (χ3v) is 4.49. The fourth-order valence-corrected chi connectivity index (χ4v) is 3.35. The summed E-state index contributed by atoms with van der Waals surface area (Å²) in [5, 5.41) is 0. The van der Waals surface area contributed by atoms with Gasteiger partial charge in [-0.25, -0.2) is 0 Å². The van der Waals surface area contributed by atoms with Crippen LogP contribution in [0, 0.1) is 5.92 Å². The molecule has 1 unspecified atom stereocenters. The predicted octanol–water partition coefficient (Wildman–Crippen LogP) is 3.54. The summed E-state index contributed by atoms with van der Waals surface area (Å²) in [5.41, 5.74) is 1.65. The summed E-state index contributed by atoms with van der Waals surface area (Å²) in [5.74, 6) is 1.44. The van der Waals surface area contributed by atoms with Crippen molar-refractivity contribution in [3.63, 3.8) is 0 Å². The summed E-state index contributed by atoms with van der Waals surface area (Å²) in [6, 6.07) is 8.26. The van der Waals surface area contributed by atoms with Crippen molar-refractivity contribution >= 4 is 5.91 Å². The average Bonchev–Trinajstić information content (AvgIpc) is 2.51. The molecule has 3 nitrogen and oxygen atoms in total. The summed E-state index contributed by atoms with van der Waals surface area (Å²) in [7, 11) is 5.32. The van der Waals surface area contributed by atoms with E-state index in [1.807, 2.05) is 26.2 Å². The number of hydrogen-bond donors (Lipinski definition) is 0. The number of allylic oxidation sites excluding steroid dienone is 1. The topological polar surface area (TPSA) is 29.5 Å². The molecule has 0 spiro atoms. The molecule has 0 radical (unpaired) electrons. The molecule has 1 aliphatic carbocycles. The number of ether oxygens (including phenoxy) is 1. The van der Waals surface area contributed by atoms with Crippen LogP contribution in [-0.2, 0) is 21.4 Å². The molecule has 0 saturated carbocycles. The maximum atomic E-state index is 13.2. The van der Waals surface area contributed by atoms with E-state index in [2.05, 4.69) is 32.1 Å². The zero-order chi connectivity index (χ0) is 16.3. The third kappa shape index (κ3) is 2.77. The molecule has 0 heterocycles. The van der Waals surface area contributed by atoms with Gasteiger partial charge in [-0.05, 0) is 42.4 Å². The molecule has 0 aromatic heterocycles. The van der Waals surface area contributed by atoms with E-state index in [4.69, 9.17) is 4.74 Å². The van der Waals surface area contributed by atoms with Crippen LogP contribution in [0.25, 0.3) is 0 Å². The van der Waals surface area contributed by atoms with Gasteiger partial charge in [0.1, 0.15) is 11.2 Å². The first-order valence-electron chi connectivity index (χ1n) is 7.98. The van der Waals surface area contributed by atoms with Crippen LogP contribution in [0.15, 0.2) is 36.1 Å². The zero-order valence-corrected chi connectivity index (χ0v) is 14.3. The average molecular weight is 301 g/mol. The lowest BCUT2D eigenvalue weighted by Gasteiger charge is -2.40. The summed E-state index contributed by atoms with van der Waals surface area (Å²) in [6.45, 7) is 4.39. The van der Waals surface area contributed by atoms with Gasteiger partial charge >= 0.3 is 0 Å². The molecule has 3 heteroatoms. The van der Waals surface area contributed by atoms with Gasteiger partial charge in [0.15, 0.2) is 0 Å². The molecule has 1 amide bonds. The number of methoxy groups -OCH3 is 1. The number of benzene rings is 1. The maximum absolute atomic E-state index is 13.2. The Morgan fingerprint density at radius 3 is 2.59 bits per heavy atom. The van der Waals surface area contributed by atoms with E-state index in [0.717, 1.165) is 30.6 Å². The first kappa shape index (κ1) is 16.6. The van der Waals surface area contributed by atoms with Crippen LogP contribution in [0.4, 0.5) is 0 Å². The van der Waals surface area contributed by atoms with Gasteiger partial charge in [-0.3, -0.25) is 4.79 Å². The van der Waals surface area contributed by atoms with Crippen LogP contribution in [-0.4, -0.2) is 32.0 Å². The number of hydrogen-bond acceptors (Lipinski definition) is 2. The van der Waals surface area contributed by atoms with E-state index in [-0.39, 0.29) is 5.91 Å². The second kappa shape index (κ2) is 6.55. The smallest absolute Gasteiger partial charge is 0.240 e. The Hall–Kier alpha value is -1.77. The number of amides is 1. The molecule has 1 atom stereocenters. The number of fused-ring (bicyclic) bond motifs is 1. The lowest BCUT2D eigenvalue weighted by atomic mass is 9.68. The van der Waals surface area contributed by atoms with E-state index >= 15 is 0 Å². The normalized spacial score (nSPS) is 20.4. The van der Waals surface area contributed by atoms with Crippen molar-refractivity contribution in [3.8, 4) is 0 Å². The minimum Gasteiger partial charge on any atom is -0.500 e. The number of nitrogens with zero attached hydrogens (tertiary/aromatic N) is 1. The molecule has 2 rings (SSSR count). The van der Waals surface area contributed by atoms with E-state index in [1.165, 1.54) is 5.56 Å². The first-order chi connectivity index (χ1) is 10.4. The summed E-state index contributed by atoms with van der Waals surface area (Å²) >= 11 is 0. The molecule has 0 saturated heterocycles. The van der Waals surface area contributed by atoms with Crippen LogP contribution >= 0.6 is 0 Å². The fourth-order valence-electron chi connectivity index (χ4n) is 3.35. The van der Waals surface area contributed by atoms with Crippen molar-refractivity contribution in [2.24, 2.45) is 5.92 Å². The maximum Gasteiger partial charge on any atom is 0.240 e. The van der Waals surface area contributed by atoms with Gasteiger partial charge in [-0.15, -0.1) is 0 Å². The molecule has 0 bridgehead atoms. The Balaban J connectivity index is 2.62. The number of carbonyl (C=O) groups excluding carboxylic acids is 1. The van der Waals surface area contributed by atoms with E-state index in [9.17, 15) is 4.79 Å². The zero-order valence-electron chi connectivity index (χ0n) is 14.3. The minimum atomic E-state index is -0.683. The molecule has 0 aliphatic heterocycles. The van der Waals surface area contributed by atoms with E-state index in [1.54, 1.807) is 12.0 Å². The number of rotatable bonds is 5. The highest BCUT2D eigenvalue weighted by molar-refractivity contribution is 5.92. The highest BCUT2D eigenvalue weighted by Crippen LogP contribution is 2.44. The third-order valence-electron chi connectivity index (χ3n) is 4.49. The SMILES string of the molecule is COC1=CCc2ccccc2C1(CCC(C)C)C(=O)N(C)C. The highest BCUT2D eigenvalue weighted by Gasteiger charge is 2.48. The van der Waals surface area contributed by atoms with E-state index in [0.29, 0.717) is 5.92 Å². The standard InChI is InChI=1S/C19H27NO2/c1-14(2)12-13-19(18(21)20(3)4)16-9-7-6-8-15(16)10-11-17(19)22-5/h6-9,11,14H,10,12-13H2,1-5H3. The van der Waals surface area contributed by atoms with Crippen LogP contribution in [0.1, 0.15) is 37.8 Å². The number of likely N-dealkylation sites (N-methyl/N-ethyl adjacent to an activating group) is 1. The Bertz CT molecular complexity index is 575. The lowest BCUT2D eigenvalue weighted by Crippen LogP contribution is -2.47. The quantitative estimate of drug-likeness (QED) is 0.832. The minimum absolute atomic E-state index is 0.105. The molecule has 22 heavy (non-hydrogen) atoms. The fraction of sp³-hybridized carbons (Fsp3) is 0.526. The number of carbonyl (C=O) groups is 1. The Kier molecular flexibility index (Phi) is 4.94. The molecule has 1 aliphatic rings. The summed E-state index contributed by atoms with van der Waals surface area (Å²) in [4.78, 5) is 14.9. The van der Waals surface area contributed by atoms with E-state index < -0.39 is 5.41 Å². The Morgan fingerprint density at radius 1 is 1.32 bits per heavy atom. The van der Waals surface area contributed by atoms with Crippen molar-refractivity contribution in [1.29, 1.82) is 0 Å². The van der Waals surface area contributed by atoms with Crippen molar-refractivity contribution in [1.82, 2.24) is 4.90 Å². The lowest BCUT2D eigenvalue weighted by molar-refractivity contribution is -0.135. The molecule has 1 aromatic rings. The summed E-state index contributed by atoms with van der Waals surface area (Å²) in [6.07, 6.45) is 4.65. The molecule has 120 valence electrons. The van der Waals surface area contributed by atoms with Crippen molar-refractivity contribution < 1.29 is 9.53 Å². The highest BCUT2D eigenvalue weighted by atomic mass is 16.5. The van der Waals surface area contributed by atoms with Crippen LogP contribution in [0.2, 0.25) is 0 Å².